The number of aromatic nitrogens is 3. The molecular formula is C18H22N4OS. The van der Waals surface area contributed by atoms with E-state index in [0.717, 1.165) is 34.7 Å². The molecule has 0 atom stereocenters. The molecule has 1 N–H and O–H groups in total. The zero-order valence-electron chi connectivity index (χ0n) is 14.3. The normalized spacial score (nSPS) is 11.1. The van der Waals surface area contributed by atoms with Gasteiger partial charge in [-0.2, -0.15) is 5.10 Å². The summed E-state index contributed by atoms with van der Waals surface area (Å²) in [5.41, 5.74) is 4.97. The van der Waals surface area contributed by atoms with Crippen LogP contribution in [0.25, 0.3) is 5.65 Å². The molecule has 0 aliphatic rings. The van der Waals surface area contributed by atoms with Crippen LogP contribution in [0.3, 0.4) is 0 Å². The number of hydrogen-bond acceptors (Lipinski definition) is 4. The predicted octanol–water partition coefficient (Wildman–Crippen LogP) is 3.01. The molecule has 5 nitrogen and oxygen atoms in total. The van der Waals surface area contributed by atoms with Gasteiger partial charge < -0.3 is 5.32 Å². The van der Waals surface area contributed by atoms with E-state index in [2.05, 4.69) is 26.8 Å². The Morgan fingerprint density at radius 1 is 1.29 bits per heavy atom. The van der Waals surface area contributed by atoms with Crippen LogP contribution in [-0.2, 0) is 17.6 Å². The average molecular weight is 342 g/mol. The number of aryl methyl sites for hydroxylation is 3. The van der Waals surface area contributed by atoms with Crippen LogP contribution in [0.4, 0.5) is 0 Å². The maximum absolute atomic E-state index is 12.1. The van der Waals surface area contributed by atoms with E-state index in [-0.39, 0.29) is 5.91 Å². The molecule has 0 aromatic carbocycles. The summed E-state index contributed by atoms with van der Waals surface area (Å²) in [6.45, 7) is 6.69. The number of thiophene rings is 1. The third-order valence-electron chi connectivity index (χ3n) is 4.16. The largest absolute Gasteiger partial charge is 0.356 e. The Hall–Kier alpha value is -2.21. The van der Waals surface area contributed by atoms with Gasteiger partial charge in [0, 0.05) is 35.3 Å². The standard InChI is InChI=1S/C18H22N4OS/c1-12-11-17-20-13(2)16(14(3)22(17)21-12)6-7-18(23)19-9-8-15-5-4-10-24-15/h4-5,10-11H,6-9H2,1-3H3,(H,19,23). The summed E-state index contributed by atoms with van der Waals surface area (Å²) in [5.74, 6) is 0.0853. The van der Waals surface area contributed by atoms with E-state index in [0.29, 0.717) is 19.4 Å². The van der Waals surface area contributed by atoms with Gasteiger partial charge in [0.2, 0.25) is 5.91 Å². The summed E-state index contributed by atoms with van der Waals surface area (Å²) in [6, 6.07) is 6.10. The van der Waals surface area contributed by atoms with Crippen molar-refractivity contribution < 1.29 is 4.79 Å². The molecule has 0 bridgehead atoms. The molecule has 1 amide bonds. The zero-order valence-corrected chi connectivity index (χ0v) is 15.1. The summed E-state index contributed by atoms with van der Waals surface area (Å²) in [7, 11) is 0. The summed E-state index contributed by atoms with van der Waals surface area (Å²) in [6.07, 6.45) is 2.05. The highest BCUT2D eigenvalue weighted by molar-refractivity contribution is 7.09. The molecule has 126 valence electrons. The van der Waals surface area contributed by atoms with Crippen LogP contribution in [0.15, 0.2) is 23.6 Å². The minimum atomic E-state index is 0.0853. The Balaban J connectivity index is 1.59. The van der Waals surface area contributed by atoms with Crippen LogP contribution in [0, 0.1) is 20.8 Å². The molecule has 0 saturated carbocycles. The third kappa shape index (κ3) is 3.64. The highest BCUT2D eigenvalue weighted by atomic mass is 32.1. The first-order valence-electron chi connectivity index (χ1n) is 8.16. The van der Waals surface area contributed by atoms with Crippen molar-refractivity contribution in [1.29, 1.82) is 0 Å². The van der Waals surface area contributed by atoms with Gasteiger partial charge in [-0.05, 0) is 50.6 Å². The maximum atomic E-state index is 12.1. The molecule has 24 heavy (non-hydrogen) atoms. The van der Waals surface area contributed by atoms with Gasteiger partial charge in [-0.3, -0.25) is 4.79 Å². The van der Waals surface area contributed by atoms with Crippen LogP contribution < -0.4 is 5.32 Å². The van der Waals surface area contributed by atoms with Gasteiger partial charge in [0.15, 0.2) is 5.65 Å². The van der Waals surface area contributed by atoms with E-state index in [9.17, 15) is 4.79 Å². The number of carbonyl (C=O) groups is 1. The lowest BCUT2D eigenvalue weighted by Gasteiger charge is -2.11. The summed E-state index contributed by atoms with van der Waals surface area (Å²) < 4.78 is 1.87. The first-order chi connectivity index (χ1) is 11.5. The van der Waals surface area contributed by atoms with Gasteiger partial charge >= 0.3 is 0 Å². The van der Waals surface area contributed by atoms with Crippen LogP contribution in [0.5, 0.6) is 0 Å². The van der Waals surface area contributed by atoms with Crippen LogP contribution in [0.1, 0.15) is 33.9 Å². The van der Waals surface area contributed by atoms with E-state index >= 15 is 0 Å². The topological polar surface area (TPSA) is 59.3 Å². The lowest BCUT2D eigenvalue weighted by atomic mass is 10.1. The van der Waals surface area contributed by atoms with E-state index in [1.54, 1.807) is 11.3 Å². The summed E-state index contributed by atoms with van der Waals surface area (Å²) in [4.78, 5) is 18.0. The fourth-order valence-corrected chi connectivity index (χ4v) is 3.62. The van der Waals surface area contributed by atoms with Gasteiger partial charge in [-0.1, -0.05) is 6.07 Å². The minimum Gasteiger partial charge on any atom is -0.356 e. The second-order valence-corrected chi connectivity index (χ2v) is 7.03. The third-order valence-corrected chi connectivity index (χ3v) is 5.10. The van der Waals surface area contributed by atoms with Crippen LogP contribution in [-0.4, -0.2) is 27.0 Å². The second-order valence-electron chi connectivity index (χ2n) is 6.00. The molecule has 0 radical (unpaired) electrons. The van der Waals surface area contributed by atoms with Gasteiger partial charge in [0.25, 0.3) is 0 Å². The fraction of sp³-hybridized carbons (Fsp3) is 0.389. The van der Waals surface area contributed by atoms with Crippen molar-refractivity contribution in [3.05, 3.63) is 51.1 Å². The monoisotopic (exact) mass is 342 g/mol. The van der Waals surface area contributed by atoms with E-state index < -0.39 is 0 Å². The quantitative estimate of drug-likeness (QED) is 0.749. The van der Waals surface area contributed by atoms with Crippen molar-refractivity contribution in [3.63, 3.8) is 0 Å². The molecule has 3 heterocycles. The minimum absolute atomic E-state index is 0.0853. The smallest absolute Gasteiger partial charge is 0.220 e. The Morgan fingerprint density at radius 2 is 2.12 bits per heavy atom. The highest BCUT2D eigenvalue weighted by Crippen LogP contribution is 2.17. The molecule has 3 rings (SSSR count). The molecule has 0 saturated heterocycles. The Morgan fingerprint density at radius 3 is 2.88 bits per heavy atom. The number of amides is 1. The second kappa shape index (κ2) is 7.13. The maximum Gasteiger partial charge on any atom is 0.220 e. The molecule has 0 aliphatic heterocycles. The number of rotatable bonds is 6. The van der Waals surface area contributed by atoms with E-state index in [4.69, 9.17) is 0 Å². The van der Waals surface area contributed by atoms with Gasteiger partial charge in [-0.25, -0.2) is 9.50 Å². The first kappa shape index (κ1) is 16.6. The molecule has 6 heteroatoms. The van der Waals surface area contributed by atoms with Gasteiger partial charge in [0.05, 0.1) is 5.69 Å². The molecule has 0 unspecified atom stereocenters. The highest BCUT2D eigenvalue weighted by Gasteiger charge is 2.12. The fourth-order valence-electron chi connectivity index (χ4n) is 2.91. The number of nitrogens with zero attached hydrogens (tertiary/aromatic N) is 3. The molecule has 3 aromatic heterocycles. The number of hydrogen-bond donors (Lipinski definition) is 1. The lowest BCUT2D eigenvalue weighted by molar-refractivity contribution is -0.121. The number of nitrogens with one attached hydrogen (secondary N) is 1. The van der Waals surface area contributed by atoms with Crippen molar-refractivity contribution in [1.82, 2.24) is 19.9 Å². The summed E-state index contributed by atoms with van der Waals surface area (Å²) in [5, 5.41) is 9.53. The molecule has 0 aliphatic carbocycles. The molecule has 0 fully saturated rings. The SMILES string of the molecule is Cc1cc2nc(C)c(CCC(=O)NCCc3cccs3)c(C)n2n1. The van der Waals surface area contributed by atoms with Crippen molar-refractivity contribution >= 4 is 22.9 Å². The van der Waals surface area contributed by atoms with Gasteiger partial charge in [-0.15, -0.1) is 11.3 Å². The van der Waals surface area contributed by atoms with Crippen LogP contribution >= 0.6 is 11.3 Å². The van der Waals surface area contributed by atoms with Gasteiger partial charge in [0.1, 0.15) is 0 Å². The van der Waals surface area contributed by atoms with Crippen LogP contribution in [0.2, 0.25) is 0 Å². The van der Waals surface area contributed by atoms with E-state index in [1.807, 2.05) is 37.4 Å². The predicted molar refractivity (Wildman–Crippen MR) is 96.6 cm³/mol. The Kier molecular flexibility index (Phi) is 4.94. The summed E-state index contributed by atoms with van der Waals surface area (Å²) >= 11 is 1.72. The average Bonchev–Trinajstić information content (AvgIpc) is 3.16. The van der Waals surface area contributed by atoms with E-state index in [1.165, 1.54) is 4.88 Å². The first-order valence-corrected chi connectivity index (χ1v) is 9.04. The van der Waals surface area contributed by atoms with Crippen molar-refractivity contribution in [2.45, 2.75) is 40.0 Å². The Labute approximate surface area is 145 Å². The number of fused-ring (bicyclic) bond motifs is 1. The van der Waals surface area contributed by atoms with Crippen molar-refractivity contribution in [3.8, 4) is 0 Å². The van der Waals surface area contributed by atoms with Crippen molar-refractivity contribution in [2.24, 2.45) is 0 Å². The molecular weight excluding hydrogens is 320 g/mol. The Bertz CT molecular complexity index is 852. The lowest BCUT2D eigenvalue weighted by Crippen LogP contribution is -2.26. The number of carbonyl (C=O) groups excluding carboxylic acids is 1. The van der Waals surface area contributed by atoms with Crippen molar-refractivity contribution in [2.75, 3.05) is 6.54 Å². The molecule has 3 aromatic rings. The zero-order chi connectivity index (χ0) is 17.1. The molecule has 0 spiro atoms.